The van der Waals surface area contributed by atoms with Gasteiger partial charge in [0.2, 0.25) is 0 Å². The topological polar surface area (TPSA) is 0 Å². The maximum atomic E-state index is 6.50. The molecule has 0 bridgehead atoms. The van der Waals surface area contributed by atoms with Crippen molar-refractivity contribution in [3.05, 3.63) is 35.4 Å². The van der Waals surface area contributed by atoms with Gasteiger partial charge in [0.15, 0.2) is 0 Å². The van der Waals surface area contributed by atoms with Gasteiger partial charge in [0.25, 0.3) is 0 Å². The van der Waals surface area contributed by atoms with Crippen molar-refractivity contribution in [2.24, 2.45) is 5.92 Å². The second-order valence-corrected chi connectivity index (χ2v) is 6.89. The fourth-order valence-electron chi connectivity index (χ4n) is 2.60. The maximum Gasteiger partial charge on any atom is 0.0585 e. The summed E-state index contributed by atoms with van der Waals surface area (Å²) in [5, 5.41) is 0.189. The molecule has 1 atom stereocenters. The summed E-state index contributed by atoms with van der Waals surface area (Å²) in [6.07, 6.45) is 10.3. The van der Waals surface area contributed by atoms with Gasteiger partial charge >= 0.3 is 0 Å². The van der Waals surface area contributed by atoms with Crippen LogP contribution in [-0.4, -0.2) is 0 Å². The number of hydrogen-bond acceptors (Lipinski definition) is 0. The summed E-state index contributed by atoms with van der Waals surface area (Å²) in [7, 11) is 0. The minimum absolute atomic E-state index is 0.189. The van der Waals surface area contributed by atoms with Crippen LogP contribution in [-0.2, 0) is 6.42 Å². The largest absolute Gasteiger partial charge is 0.118 e. The van der Waals surface area contributed by atoms with Crippen LogP contribution in [0.4, 0.5) is 0 Å². The van der Waals surface area contributed by atoms with Crippen LogP contribution in [0.5, 0.6) is 0 Å². The summed E-state index contributed by atoms with van der Waals surface area (Å²) in [5.74, 6) is 0.718. The number of alkyl halides is 1. The first kappa shape index (κ1) is 17.6. The van der Waals surface area contributed by atoms with Gasteiger partial charge in [0.1, 0.15) is 0 Å². The third kappa shape index (κ3) is 7.33. The molecule has 1 aromatic rings. The Labute approximate surface area is 130 Å². The first-order chi connectivity index (χ1) is 9.63. The molecule has 0 N–H and O–H groups in total. The summed E-state index contributed by atoms with van der Waals surface area (Å²) in [4.78, 5) is 0. The molecule has 1 rings (SSSR count). The number of hydrogen-bond donors (Lipinski definition) is 0. The zero-order chi connectivity index (χ0) is 14.8. The quantitative estimate of drug-likeness (QED) is 0.325. The molecule has 1 heteroatoms. The van der Waals surface area contributed by atoms with E-state index in [4.69, 9.17) is 11.6 Å². The molecule has 0 amide bonds. The van der Waals surface area contributed by atoms with Crippen molar-refractivity contribution < 1.29 is 0 Å². The van der Waals surface area contributed by atoms with Gasteiger partial charge < -0.3 is 0 Å². The highest BCUT2D eigenvalue weighted by molar-refractivity contribution is 6.20. The maximum absolute atomic E-state index is 6.50. The highest BCUT2D eigenvalue weighted by atomic mass is 35.5. The van der Waals surface area contributed by atoms with E-state index in [1.165, 1.54) is 49.7 Å². The standard InChI is InChI=1S/C19H31Cl/c1-4-5-6-7-8-9-10-19(20)18-13-11-17(12-14-18)15-16(2)3/h11-14,16,19H,4-10,15H2,1-3H3. The molecule has 114 valence electrons. The Balaban J connectivity index is 2.27. The molecular formula is C19H31Cl. The predicted octanol–water partition coefficient (Wildman–Crippen LogP) is 6.92. The first-order valence-corrected chi connectivity index (χ1v) is 8.80. The molecular weight excluding hydrogens is 264 g/mol. The molecule has 0 aliphatic carbocycles. The van der Waals surface area contributed by atoms with E-state index < -0.39 is 0 Å². The Morgan fingerprint density at radius 3 is 2.10 bits per heavy atom. The average molecular weight is 295 g/mol. The molecule has 0 radical (unpaired) electrons. The molecule has 0 aliphatic rings. The van der Waals surface area contributed by atoms with Crippen LogP contribution in [0.25, 0.3) is 0 Å². The Bertz CT molecular complexity index is 339. The second kappa shape index (κ2) is 10.3. The molecule has 0 aliphatic heterocycles. The van der Waals surface area contributed by atoms with Crippen LogP contribution in [0.2, 0.25) is 0 Å². The fraction of sp³-hybridized carbons (Fsp3) is 0.684. The minimum Gasteiger partial charge on any atom is -0.118 e. The lowest BCUT2D eigenvalue weighted by Gasteiger charge is -2.11. The Morgan fingerprint density at radius 1 is 0.900 bits per heavy atom. The van der Waals surface area contributed by atoms with Gasteiger partial charge in [0.05, 0.1) is 5.38 Å². The van der Waals surface area contributed by atoms with E-state index in [9.17, 15) is 0 Å². The van der Waals surface area contributed by atoms with Crippen molar-refractivity contribution in [3.63, 3.8) is 0 Å². The van der Waals surface area contributed by atoms with Crippen molar-refractivity contribution in [3.8, 4) is 0 Å². The van der Waals surface area contributed by atoms with Gasteiger partial charge in [-0.15, -0.1) is 11.6 Å². The Kier molecular flexibility index (Phi) is 9.02. The van der Waals surface area contributed by atoms with Gasteiger partial charge in [0, 0.05) is 0 Å². The molecule has 0 aromatic heterocycles. The molecule has 0 fully saturated rings. The molecule has 0 nitrogen and oxygen atoms in total. The molecule has 0 heterocycles. The Morgan fingerprint density at radius 2 is 1.50 bits per heavy atom. The van der Waals surface area contributed by atoms with Gasteiger partial charge in [-0.25, -0.2) is 0 Å². The van der Waals surface area contributed by atoms with Gasteiger partial charge in [-0.1, -0.05) is 83.6 Å². The molecule has 0 saturated heterocycles. The van der Waals surface area contributed by atoms with E-state index in [-0.39, 0.29) is 5.38 Å². The fourth-order valence-corrected chi connectivity index (χ4v) is 2.90. The zero-order valence-corrected chi connectivity index (χ0v) is 14.3. The number of rotatable bonds is 10. The predicted molar refractivity (Wildman–Crippen MR) is 91.6 cm³/mol. The summed E-state index contributed by atoms with van der Waals surface area (Å²) in [6, 6.07) is 8.91. The SMILES string of the molecule is CCCCCCCCC(Cl)c1ccc(CC(C)C)cc1. The van der Waals surface area contributed by atoms with E-state index in [1.54, 1.807) is 0 Å². The van der Waals surface area contributed by atoms with Crippen LogP contribution >= 0.6 is 11.6 Å². The van der Waals surface area contributed by atoms with Crippen molar-refractivity contribution in [1.82, 2.24) is 0 Å². The molecule has 1 aromatic carbocycles. The smallest absolute Gasteiger partial charge is 0.0585 e. The van der Waals surface area contributed by atoms with Crippen LogP contribution in [0.15, 0.2) is 24.3 Å². The summed E-state index contributed by atoms with van der Waals surface area (Å²) in [5.41, 5.74) is 2.71. The van der Waals surface area contributed by atoms with Gasteiger partial charge in [-0.2, -0.15) is 0 Å². The lowest BCUT2D eigenvalue weighted by molar-refractivity contribution is 0.584. The third-order valence-corrected chi connectivity index (χ3v) is 4.27. The second-order valence-electron chi connectivity index (χ2n) is 6.36. The number of halogens is 1. The monoisotopic (exact) mass is 294 g/mol. The van der Waals surface area contributed by atoms with Gasteiger partial charge in [-0.3, -0.25) is 0 Å². The Hall–Kier alpha value is -0.490. The third-order valence-electron chi connectivity index (χ3n) is 3.80. The molecule has 20 heavy (non-hydrogen) atoms. The molecule has 0 saturated carbocycles. The summed E-state index contributed by atoms with van der Waals surface area (Å²) < 4.78 is 0. The number of unbranched alkanes of at least 4 members (excludes halogenated alkanes) is 5. The van der Waals surface area contributed by atoms with E-state index in [2.05, 4.69) is 45.0 Å². The van der Waals surface area contributed by atoms with Crippen LogP contribution < -0.4 is 0 Å². The summed E-state index contributed by atoms with van der Waals surface area (Å²) in [6.45, 7) is 6.78. The highest BCUT2D eigenvalue weighted by Gasteiger charge is 2.07. The van der Waals surface area contributed by atoms with E-state index >= 15 is 0 Å². The first-order valence-electron chi connectivity index (χ1n) is 8.36. The van der Waals surface area contributed by atoms with Crippen LogP contribution in [0.1, 0.15) is 82.2 Å². The van der Waals surface area contributed by atoms with Crippen molar-refractivity contribution in [2.75, 3.05) is 0 Å². The minimum atomic E-state index is 0.189. The lowest BCUT2D eigenvalue weighted by Crippen LogP contribution is -1.96. The van der Waals surface area contributed by atoms with Crippen LogP contribution in [0.3, 0.4) is 0 Å². The van der Waals surface area contributed by atoms with Crippen molar-refractivity contribution in [2.45, 2.75) is 77.5 Å². The average Bonchev–Trinajstić information content (AvgIpc) is 2.42. The van der Waals surface area contributed by atoms with Crippen LogP contribution in [0, 0.1) is 5.92 Å². The van der Waals surface area contributed by atoms with E-state index in [1.807, 2.05) is 0 Å². The van der Waals surface area contributed by atoms with Gasteiger partial charge in [-0.05, 0) is 29.9 Å². The molecule has 1 unspecified atom stereocenters. The normalized spacial score (nSPS) is 12.8. The molecule has 0 spiro atoms. The van der Waals surface area contributed by atoms with Crippen molar-refractivity contribution in [1.29, 1.82) is 0 Å². The zero-order valence-electron chi connectivity index (χ0n) is 13.5. The van der Waals surface area contributed by atoms with E-state index in [0.717, 1.165) is 18.8 Å². The van der Waals surface area contributed by atoms with Crippen molar-refractivity contribution >= 4 is 11.6 Å². The highest BCUT2D eigenvalue weighted by Crippen LogP contribution is 2.27. The lowest BCUT2D eigenvalue weighted by atomic mass is 9.99. The summed E-state index contributed by atoms with van der Waals surface area (Å²) >= 11 is 6.50. The number of benzene rings is 1. The van der Waals surface area contributed by atoms with E-state index in [0.29, 0.717) is 0 Å².